The van der Waals surface area contributed by atoms with Crippen molar-refractivity contribution in [1.29, 1.82) is 0 Å². The number of carbonyl (C=O) groups excluding carboxylic acids is 2. The van der Waals surface area contributed by atoms with Crippen LogP contribution >= 0.6 is 0 Å². The molecule has 2 aromatic carbocycles. The average molecular weight is 418 g/mol. The molecule has 31 heavy (non-hydrogen) atoms. The number of phenols is 1. The van der Waals surface area contributed by atoms with E-state index in [1.165, 1.54) is 0 Å². The number of phenolic OH excluding ortho intramolecular Hbond substituents is 1. The van der Waals surface area contributed by atoms with E-state index in [1.54, 1.807) is 35.2 Å². The first-order valence-corrected chi connectivity index (χ1v) is 10.5. The zero-order valence-electron chi connectivity index (χ0n) is 17.7. The van der Waals surface area contributed by atoms with Crippen molar-refractivity contribution in [2.75, 3.05) is 19.7 Å². The van der Waals surface area contributed by atoms with E-state index in [4.69, 9.17) is 4.74 Å². The van der Waals surface area contributed by atoms with E-state index in [-0.39, 0.29) is 18.3 Å². The summed E-state index contributed by atoms with van der Waals surface area (Å²) in [5.74, 6) is 0.332. The molecular weight excluding hydrogens is 392 g/mol. The highest BCUT2D eigenvalue weighted by Crippen LogP contribution is 2.27. The number of hydrogen-bond donors (Lipinski definition) is 1. The highest BCUT2D eigenvalue weighted by molar-refractivity contribution is 6.05. The number of piperidine rings is 1. The fraction of sp³-hybridized carbons (Fsp3) is 0.320. The van der Waals surface area contributed by atoms with Crippen LogP contribution in [0.15, 0.2) is 54.6 Å². The number of aromatic nitrogens is 1. The van der Waals surface area contributed by atoms with Gasteiger partial charge in [-0.2, -0.15) is 0 Å². The first-order valence-electron chi connectivity index (χ1n) is 10.5. The molecule has 2 atom stereocenters. The van der Waals surface area contributed by atoms with Gasteiger partial charge in [-0.1, -0.05) is 32.0 Å². The van der Waals surface area contributed by atoms with Gasteiger partial charge in [0.1, 0.15) is 5.75 Å². The van der Waals surface area contributed by atoms with Crippen LogP contribution in [0.4, 0.5) is 0 Å². The molecule has 3 aromatic rings. The highest BCUT2D eigenvalue weighted by Gasteiger charge is 2.26. The van der Waals surface area contributed by atoms with E-state index in [0.29, 0.717) is 47.1 Å². The molecule has 160 valence electrons. The van der Waals surface area contributed by atoms with Crippen LogP contribution in [0.25, 0.3) is 22.2 Å². The Morgan fingerprint density at radius 1 is 1.06 bits per heavy atom. The van der Waals surface area contributed by atoms with Gasteiger partial charge < -0.3 is 14.7 Å². The number of hydrogen-bond acceptors (Lipinski definition) is 5. The molecule has 0 aliphatic carbocycles. The van der Waals surface area contributed by atoms with Crippen LogP contribution in [0.3, 0.4) is 0 Å². The Balaban J connectivity index is 1.57. The number of carbonyl (C=O) groups is 2. The van der Waals surface area contributed by atoms with Crippen molar-refractivity contribution in [3.05, 3.63) is 60.2 Å². The van der Waals surface area contributed by atoms with E-state index in [1.807, 2.05) is 24.3 Å². The van der Waals surface area contributed by atoms with Gasteiger partial charge in [0.2, 0.25) is 0 Å². The second-order valence-corrected chi connectivity index (χ2v) is 8.44. The summed E-state index contributed by atoms with van der Waals surface area (Å²) in [5, 5.41) is 10.2. The molecule has 1 aromatic heterocycles. The number of pyridine rings is 1. The minimum atomic E-state index is -0.551. The lowest BCUT2D eigenvalue weighted by Crippen LogP contribution is -2.44. The molecule has 0 saturated carbocycles. The Bertz CT molecular complexity index is 1100. The van der Waals surface area contributed by atoms with Gasteiger partial charge in [0.25, 0.3) is 5.91 Å². The van der Waals surface area contributed by atoms with Crippen LogP contribution in [0.1, 0.15) is 30.6 Å². The number of likely N-dealkylation sites (tertiary alicyclic amines) is 1. The molecule has 0 unspecified atom stereocenters. The van der Waals surface area contributed by atoms with Crippen LogP contribution < -0.4 is 0 Å². The minimum absolute atomic E-state index is 0.157. The standard InChI is InChI=1S/C25H26N2O4/c1-16-11-17(2)14-27(13-16)24(29)15-31-25(30)21-12-23(18-7-9-19(28)10-8-18)26-22-6-4-3-5-20(21)22/h3-10,12,16-17,28H,11,13-15H2,1-2H3/t16-,17+. The van der Waals surface area contributed by atoms with E-state index in [0.717, 1.165) is 12.0 Å². The summed E-state index contributed by atoms with van der Waals surface area (Å²) in [6, 6.07) is 15.6. The lowest BCUT2D eigenvalue weighted by Gasteiger charge is -2.34. The van der Waals surface area contributed by atoms with Crippen LogP contribution in [-0.4, -0.2) is 46.6 Å². The first kappa shape index (κ1) is 20.8. The monoisotopic (exact) mass is 418 g/mol. The van der Waals surface area contributed by atoms with Crippen molar-refractivity contribution in [3.8, 4) is 17.0 Å². The number of fused-ring (bicyclic) bond motifs is 1. The predicted octanol–water partition coefficient (Wildman–Crippen LogP) is 4.27. The van der Waals surface area contributed by atoms with Gasteiger partial charge in [-0.3, -0.25) is 4.79 Å². The molecule has 1 aliphatic heterocycles. The number of para-hydroxylation sites is 1. The molecule has 1 amide bonds. The molecule has 1 aliphatic rings. The SMILES string of the molecule is C[C@@H]1C[C@H](C)CN(C(=O)COC(=O)c2cc(-c3ccc(O)cc3)nc3ccccc23)C1. The van der Waals surface area contributed by atoms with Crippen molar-refractivity contribution >= 4 is 22.8 Å². The van der Waals surface area contributed by atoms with Gasteiger partial charge in [-0.05, 0) is 54.7 Å². The average Bonchev–Trinajstić information content (AvgIpc) is 2.76. The van der Waals surface area contributed by atoms with Gasteiger partial charge in [-0.25, -0.2) is 9.78 Å². The van der Waals surface area contributed by atoms with Crippen LogP contribution in [0, 0.1) is 11.8 Å². The number of nitrogens with zero attached hydrogens (tertiary/aromatic N) is 2. The molecule has 1 N–H and O–H groups in total. The van der Waals surface area contributed by atoms with Crippen molar-refractivity contribution in [2.45, 2.75) is 20.3 Å². The smallest absolute Gasteiger partial charge is 0.339 e. The second-order valence-electron chi connectivity index (χ2n) is 8.44. The summed E-state index contributed by atoms with van der Waals surface area (Å²) in [4.78, 5) is 32.0. The number of aromatic hydroxyl groups is 1. The Morgan fingerprint density at radius 2 is 1.74 bits per heavy atom. The fourth-order valence-corrected chi connectivity index (χ4v) is 4.29. The number of amides is 1. The highest BCUT2D eigenvalue weighted by atomic mass is 16.5. The number of ether oxygens (including phenoxy) is 1. The largest absolute Gasteiger partial charge is 0.508 e. The van der Waals surface area contributed by atoms with Crippen LogP contribution in [-0.2, 0) is 9.53 Å². The molecule has 2 heterocycles. The molecule has 0 radical (unpaired) electrons. The quantitative estimate of drug-likeness (QED) is 0.640. The minimum Gasteiger partial charge on any atom is -0.508 e. The summed E-state index contributed by atoms with van der Waals surface area (Å²) in [6.45, 7) is 5.39. The van der Waals surface area contributed by atoms with Gasteiger partial charge in [0.15, 0.2) is 6.61 Å². The molecule has 4 rings (SSSR count). The van der Waals surface area contributed by atoms with E-state index >= 15 is 0 Å². The summed E-state index contributed by atoms with van der Waals surface area (Å²) in [7, 11) is 0. The summed E-state index contributed by atoms with van der Waals surface area (Å²) >= 11 is 0. The zero-order valence-corrected chi connectivity index (χ0v) is 17.7. The van der Waals surface area contributed by atoms with Crippen molar-refractivity contribution in [3.63, 3.8) is 0 Å². The molecule has 0 spiro atoms. The normalized spacial score (nSPS) is 18.7. The van der Waals surface area contributed by atoms with Crippen LogP contribution in [0.5, 0.6) is 5.75 Å². The Labute approximate surface area is 181 Å². The Hall–Kier alpha value is -3.41. The third-order valence-electron chi connectivity index (χ3n) is 5.65. The molecule has 0 bridgehead atoms. The fourth-order valence-electron chi connectivity index (χ4n) is 4.29. The third kappa shape index (κ3) is 4.68. The molecular formula is C25H26N2O4. The zero-order chi connectivity index (χ0) is 22.0. The van der Waals surface area contributed by atoms with Gasteiger partial charge in [0, 0.05) is 24.0 Å². The summed E-state index contributed by atoms with van der Waals surface area (Å²) in [6.07, 6.45) is 1.10. The second kappa shape index (κ2) is 8.76. The lowest BCUT2D eigenvalue weighted by atomic mass is 9.92. The Kier molecular flexibility index (Phi) is 5.89. The molecule has 1 fully saturated rings. The molecule has 6 nitrogen and oxygen atoms in total. The van der Waals surface area contributed by atoms with Crippen molar-refractivity contribution < 1.29 is 19.4 Å². The Morgan fingerprint density at radius 3 is 2.45 bits per heavy atom. The van der Waals surface area contributed by atoms with Gasteiger partial charge in [0.05, 0.1) is 16.8 Å². The maximum Gasteiger partial charge on any atom is 0.339 e. The lowest BCUT2D eigenvalue weighted by molar-refractivity contribution is -0.137. The number of esters is 1. The third-order valence-corrected chi connectivity index (χ3v) is 5.65. The predicted molar refractivity (Wildman–Crippen MR) is 119 cm³/mol. The van der Waals surface area contributed by atoms with Crippen molar-refractivity contribution in [2.24, 2.45) is 11.8 Å². The first-order chi connectivity index (χ1) is 14.9. The topological polar surface area (TPSA) is 79.7 Å². The summed E-state index contributed by atoms with van der Waals surface area (Å²) in [5.41, 5.74) is 2.38. The summed E-state index contributed by atoms with van der Waals surface area (Å²) < 4.78 is 5.43. The van der Waals surface area contributed by atoms with Crippen LogP contribution in [0.2, 0.25) is 0 Å². The van der Waals surface area contributed by atoms with Gasteiger partial charge >= 0.3 is 5.97 Å². The maximum atomic E-state index is 13.0. The molecule has 1 saturated heterocycles. The maximum absolute atomic E-state index is 13.0. The van der Waals surface area contributed by atoms with E-state index < -0.39 is 5.97 Å². The van der Waals surface area contributed by atoms with E-state index in [9.17, 15) is 14.7 Å². The van der Waals surface area contributed by atoms with Gasteiger partial charge in [-0.15, -0.1) is 0 Å². The number of rotatable bonds is 4. The van der Waals surface area contributed by atoms with E-state index in [2.05, 4.69) is 18.8 Å². The molecule has 6 heteroatoms. The van der Waals surface area contributed by atoms with Crippen molar-refractivity contribution in [1.82, 2.24) is 9.88 Å². The number of benzene rings is 2.